The Morgan fingerprint density at radius 3 is 2.00 bits per heavy atom. The summed E-state index contributed by atoms with van der Waals surface area (Å²) >= 11 is 1.89. The molecule has 2 nitrogen and oxygen atoms in total. The molecule has 1 aliphatic carbocycles. The third-order valence-corrected chi connectivity index (χ3v) is 12.0. The van der Waals surface area contributed by atoms with Crippen LogP contribution in [0, 0.1) is 0 Å². The molecule has 12 rings (SSSR count). The summed E-state index contributed by atoms with van der Waals surface area (Å²) < 4.78 is 11.6. The van der Waals surface area contributed by atoms with E-state index >= 15 is 0 Å². The fourth-order valence-corrected chi connectivity index (χ4v) is 9.90. The van der Waals surface area contributed by atoms with Gasteiger partial charge in [-0.15, -0.1) is 11.3 Å². The molecular formula is C46H25NOS. The summed E-state index contributed by atoms with van der Waals surface area (Å²) in [5.74, 6) is 0. The SMILES string of the molecule is c1ccc2c(c1)-c1cccc3c(-c4ccc5oc6ccc(-n7c8ccccc8c8c9sc%10ccccc%10c9ccc87)cc6c5c4)ccc-2c13. The highest BCUT2D eigenvalue weighted by atomic mass is 32.1. The second-order valence-electron chi connectivity index (χ2n) is 13.2. The second kappa shape index (κ2) is 9.25. The normalized spacial score (nSPS) is 12.5. The van der Waals surface area contributed by atoms with Crippen LogP contribution in [0.2, 0.25) is 0 Å². The highest BCUT2D eigenvalue weighted by Gasteiger charge is 2.23. The lowest BCUT2D eigenvalue weighted by Gasteiger charge is -2.10. The van der Waals surface area contributed by atoms with Crippen molar-refractivity contribution in [3.8, 4) is 39.1 Å². The van der Waals surface area contributed by atoms with Gasteiger partial charge in [0.1, 0.15) is 11.2 Å². The quantitative estimate of drug-likeness (QED) is 0.184. The van der Waals surface area contributed by atoms with Gasteiger partial charge in [-0.3, -0.25) is 0 Å². The Morgan fingerprint density at radius 1 is 0.408 bits per heavy atom. The molecule has 0 spiro atoms. The summed E-state index contributed by atoms with van der Waals surface area (Å²) in [6.45, 7) is 0. The molecule has 1 aliphatic rings. The summed E-state index contributed by atoms with van der Waals surface area (Å²) in [7, 11) is 0. The summed E-state index contributed by atoms with van der Waals surface area (Å²) in [5.41, 5.74) is 13.1. The number of fused-ring (bicyclic) bond motifs is 13. The van der Waals surface area contributed by atoms with Crippen molar-refractivity contribution in [1.29, 1.82) is 0 Å². The molecule has 3 aromatic heterocycles. The average molecular weight is 640 g/mol. The van der Waals surface area contributed by atoms with E-state index in [1.807, 2.05) is 11.3 Å². The number of hydrogen-bond donors (Lipinski definition) is 0. The van der Waals surface area contributed by atoms with Crippen molar-refractivity contribution in [2.45, 2.75) is 0 Å². The minimum Gasteiger partial charge on any atom is -0.456 e. The third-order valence-electron chi connectivity index (χ3n) is 10.8. The van der Waals surface area contributed by atoms with Crippen LogP contribution in [0.3, 0.4) is 0 Å². The first kappa shape index (κ1) is 25.9. The molecule has 0 N–H and O–H groups in total. The van der Waals surface area contributed by atoms with Gasteiger partial charge < -0.3 is 8.98 Å². The summed E-state index contributed by atoms with van der Waals surface area (Å²) in [6.07, 6.45) is 0. The van der Waals surface area contributed by atoms with Gasteiger partial charge in [-0.2, -0.15) is 0 Å². The number of rotatable bonds is 2. The monoisotopic (exact) mass is 639 g/mol. The molecule has 0 amide bonds. The van der Waals surface area contributed by atoms with Crippen LogP contribution in [0.5, 0.6) is 0 Å². The average Bonchev–Trinajstić information content (AvgIpc) is 3.90. The molecule has 0 saturated heterocycles. The van der Waals surface area contributed by atoms with Gasteiger partial charge in [0.15, 0.2) is 0 Å². The standard InChI is InChI=1S/C46H25NOS/c1-2-9-30-29(8-1)33-13-7-12-32-28(18-19-34(30)44(32)33)26-16-22-41-37(24-26)38-25-27(17-23-42(38)48-41)47-39-14-5-3-11-36(39)45-40(47)21-20-35-31-10-4-6-15-43(31)49-46(35)45/h1-25H. The molecule has 226 valence electrons. The molecule has 0 aliphatic heterocycles. The molecule has 0 bridgehead atoms. The minimum atomic E-state index is 0.902. The minimum absolute atomic E-state index is 0.902. The Bertz CT molecular complexity index is 3200. The van der Waals surface area contributed by atoms with Gasteiger partial charge in [-0.25, -0.2) is 0 Å². The van der Waals surface area contributed by atoms with Gasteiger partial charge in [-0.05, 0) is 92.7 Å². The summed E-state index contributed by atoms with van der Waals surface area (Å²) in [4.78, 5) is 0. The number of aromatic nitrogens is 1. The van der Waals surface area contributed by atoms with E-state index in [4.69, 9.17) is 4.42 Å². The molecule has 0 atom stereocenters. The van der Waals surface area contributed by atoms with E-state index in [0.29, 0.717) is 0 Å². The van der Waals surface area contributed by atoms with E-state index in [-0.39, 0.29) is 0 Å². The Morgan fingerprint density at radius 2 is 1.10 bits per heavy atom. The van der Waals surface area contributed by atoms with E-state index in [2.05, 4.69) is 156 Å². The van der Waals surface area contributed by atoms with Crippen molar-refractivity contribution >= 4 is 86.0 Å². The van der Waals surface area contributed by atoms with Gasteiger partial charge in [0.25, 0.3) is 0 Å². The lowest BCUT2D eigenvalue weighted by atomic mass is 9.93. The van der Waals surface area contributed by atoms with E-state index in [0.717, 1.165) is 27.6 Å². The van der Waals surface area contributed by atoms with Crippen molar-refractivity contribution in [3.63, 3.8) is 0 Å². The van der Waals surface area contributed by atoms with Gasteiger partial charge in [-0.1, -0.05) is 103 Å². The zero-order valence-corrected chi connectivity index (χ0v) is 27.0. The van der Waals surface area contributed by atoms with Crippen LogP contribution in [0.4, 0.5) is 0 Å². The predicted octanol–water partition coefficient (Wildman–Crippen LogP) is 13.5. The van der Waals surface area contributed by atoms with Crippen LogP contribution < -0.4 is 0 Å². The first-order valence-corrected chi connectivity index (χ1v) is 17.6. The topological polar surface area (TPSA) is 18.1 Å². The zero-order valence-electron chi connectivity index (χ0n) is 26.2. The summed E-state index contributed by atoms with van der Waals surface area (Å²) in [5, 5.41) is 10.2. The smallest absolute Gasteiger partial charge is 0.135 e. The fraction of sp³-hybridized carbons (Fsp3) is 0. The van der Waals surface area contributed by atoms with Crippen LogP contribution in [0.25, 0.3) is 114 Å². The van der Waals surface area contributed by atoms with E-state index in [1.54, 1.807) is 0 Å². The lowest BCUT2D eigenvalue weighted by molar-refractivity contribution is 0.669. The molecule has 0 saturated carbocycles. The van der Waals surface area contributed by atoms with Crippen LogP contribution in [0.15, 0.2) is 156 Å². The molecular weight excluding hydrogens is 615 g/mol. The van der Waals surface area contributed by atoms with Crippen LogP contribution in [-0.2, 0) is 0 Å². The van der Waals surface area contributed by atoms with Gasteiger partial charge in [0, 0.05) is 47.4 Å². The maximum Gasteiger partial charge on any atom is 0.135 e. The van der Waals surface area contributed by atoms with Crippen LogP contribution in [-0.4, -0.2) is 4.57 Å². The first-order chi connectivity index (χ1) is 24.3. The van der Waals surface area contributed by atoms with Crippen molar-refractivity contribution in [2.75, 3.05) is 0 Å². The highest BCUT2D eigenvalue weighted by Crippen LogP contribution is 2.50. The molecule has 0 radical (unpaired) electrons. The number of para-hydroxylation sites is 1. The predicted molar refractivity (Wildman–Crippen MR) is 208 cm³/mol. The number of hydrogen-bond acceptors (Lipinski definition) is 2. The van der Waals surface area contributed by atoms with Crippen LogP contribution >= 0.6 is 11.3 Å². The molecule has 49 heavy (non-hydrogen) atoms. The van der Waals surface area contributed by atoms with Crippen molar-refractivity contribution in [1.82, 2.24) is 4.57 Å². The Kier molecular flexibility index (Phi) is 4.89. The zero-order chi connectivity index (χ0) is 31.8. The number of furan rings is 1. The van der Waals surface area contributed by atoms with E-state index < -0.39 is 0 Å². The third kappa shape index (κ3) is 3.35. The molecule has 8 aromatic carbocycles. The lowest BCUT2D eigenvalue weighted by Crippen LogP contribution is -1.93. The number of nitrogens with zero attached hydrogens (tertiary/aromatic N) is 1. The number of benzene rings is 8. The van der Waals surface area contributed by atoms with Gasteiger partial charge in [0.05, 0.1) is 11.0 Å². The fourth-order valence-electron chi connectivity index (χ4n) is 8.65. The van der Waals surface area contributed by atoms with E-state index in [1.165, 1.54) is 86.1 Å². The van der Waals surface area contributed by atoms with Gasteiger partial charge >= 0.3 is 0 Å². The van der Waals surface area contributed by atoms with Crippen molar-refractivity contribution in [2.24, 2.45) is 0 Å². The second-order valence-corrected chi connectivity index (χ2v) is 14.3. The van der Waals surface area contributed by atoms with Crippen molar-refractivity contribution < 1.29 is 4.42 Å². The Balaban J connectivity index is 1.08. The molecule has 3 heterocycles. The number of thiophene rings is 1. The first-order valence-electron chi connectivity index (χ1n) is 16.8. The molecule has 0 unspecified atom stereocenters. The Labute approximate surface area is 284 Å². The summed E-state index contributed by atoms with van der Waals surface area (Å²) in [6, 6.07) is 55.6. The molecule has 11 aromatic rings. The molecule has 3 heteroatoms. The van der Waals surface area contributed by atoms with Gasteiger partial charge in [0.2, 0.25) is 0 Å². The maximum absolute atomic E-state index is 6.45. The van der Waals surface area contributed by atoms with Crippen molar-refractivity contribution in [3.05, 3.63) is 152 Å². The highest BCUT2D eigenvalue weighted by molar-refractivity contribution is 7.26. The molecule has 0 fully saturated rings. The Hall–Kier alpha value is -6.16. The van der Waals surface area contributed by atoms with Crippen LogP contribution in [0.1, 0.15) is 0 Å². The maximum atomic E-state index is 6.45. The van der Waals surface area contributed by atoms with E-state index in [9.17, 15) is 0 Å². The largest absolute Gasteiger partial charge is 0.456 e.